The third kappa shape index (κ3) is 4.63. The highest BCUT2D eigenvalue weighted by Gasteiger charge is 2.33. The third-order valence-corrected chi connectivity index (χ3v) is 7.01. The minimum Gasteiger partial charge on any atom is -0.493 e. The molecule has 4 rings (SSSR count). The second-order valence-corrected chi connectivity index (χ2v) is 9.52. The fourth-order valence-corrected chi connectivity index (χ4v) is 5.47. The summed E-state index contributed by atoms with van der Waals surface area (Å²) in [5.74, 6) is 0.731. The number of thioether (sulfide) groups is 1. The monoisotopic (exact) mass is 463 g/mol. The van der Waals surface area contributed by atoms with E-state index in [4.69, 9.17) is 14.2 Å². The quantitative estimate of drug-likeness (QED) is 0.625. The molecule has 9 nitrogen and oxygen atoms in total. The minimum absolute atomic E-state index is 0.0228. The molecule has 2 aliphatic heterocycles. The summed E-state index contributed by atoms with van der Waals surface area (Å²) < 4.78 is 43.3. The van der Waals surface area contributed by atoms with Gasteiger partial charge < -0.3 is 24.4 Å². The number of fused-ring (bicyclic) bond motifs is 3. The highest BCUT2D eigenvalue weighted by atomic mass is 32.2. The summed E-state index contributed by atoms with van der Waals surface area (Å²) in [6.45, 7) is 1.13. The molecule has 0 aromatic heterocycles. The van der Waals surface area contributed by atoms with Crippen LogP contribution in [0.4, 0.5) is 11.4 Å². The Hall–Kier alpha value is -2.76. The number of carbonyl (C=O) groups excluding carboxylic acids is 1. The van der Waals surface area contributed by atoms with Crippen molar-refractivity contribution in [2.24, 2.45) is 4.40 Å². The van der Waals surface area contributed by atoms with Gasteiger partial charge in [0, 0.05) is 35.9 Å². The molecule has 0 fully saturated rings. The number of amidine groups is 1. The Balaban J connectivity index is 1.51. The van der Waals surface area contributed by atoms with E-state index in [0.717, 1.165) is 10.6 Å². The van der Waals surface area contributed by atoms with E-state index < -0.39 is 10.0 Å². The van der Waals surface area contributed by atoms with Crippen molar-refractivity contribution >= 4 is 44.2 Å². The summed E-state index contributed by atoms with van der Waals surface area (Å²) in [5.41, 5.74) is 1.86. The predicted octanol–water partition coefficient (Wildman–Crippen LogP) is 2.58. The van der Waals surface area contributed by atoms with Crippen LogP contribution in [0.15, 0.2) is 45.7 Å². The average molecular weight is 464 g/mol. The summed E-state index contributed by atoms with van der Waals surface area (Å²) in [7, 11) is -0.293. The number of amides is 1. The minimum atomic E-state index is -3.42. The number of hydrogen-bond acceptors (Lipinski definition) is 8. The van der Waals surface area contributed by atoms with Crippen LogP contribution in [0.5, 0.6) is 11.5 Å². The summed E-state index contributed by atoms with van der Waals surface area (Å²) in [6.07, 6.45) is 0. The van der Waals surface area contributed by atoms with E-state index in [-0.39, 0.29) is 11.7 Å². The molecule has 0 radical (unpaired) electrons. The first-order chi connectivity index (χ1) is 14.9. The van der Waals surface area contributed by atoms with Gasteiger partial charge >= 0.3 is 0 Å². The molecule has 2 heterocycles. The van der Waals surface area contributed by atoms with Gasteiger partial charge in [0.1, 0.15) is 6.61 Å². The normalized spacial score (nSPS) is 16.2. The Bertz CT molecular complexity index is 1150. The lowest BCUT2D eigenvalue weighted by molar-refractivity contribution is 0.102. The van der Waals surface area contributed by atoms with Gasteiger partial charge in [-0.2, -0.15) is 0 Å². The molecule has 0 saturated heterocycles. The van der Waals surface area contributed by atoms with Crippen molar-refractivity contribution in [1.82, 2.24) is 0 Å². The number of anilines is 2. The molecule has 1 N–H and O–H groups in total. The molecule has 0 bridgehead atoms. The number of sulfonamides is 1. The molecule has 0 unspecified atom stereocenters. The summed E-state index contributed by atoms with van der Waals surface area (Å²) in [4.78, 5) is 15.5. The standard InChI is InChI=1S/C20H21N3O6S2/c1-27-8-9-29-17-12-14(4-6-16(17)28-2)21-19(24)13-3-5-15-18(11-13)30-20-22-31(25,26)10-7-23(15)20/h3-6,11-12H,7-10H2,1-2H3,(H,21,24). The zero-order valence-electron chi connectivity index (χ0n) is 17.0. The molecule has 0 atom stereocenters. The van der Waals surface area contributed by atoms with Gasteiger partial charge in [0.2, 0.25) is 0 Å². The summed E-state index contributed by atoms with van der Waals surface area (Å²) in [5, 5.41) is 3.28. The van der Waals surface area contributed by atoms with Crippen LogP contribution in [0, 0.1) is 0 Å². The number of rotatable bonds is 7. The van der Waals surface area contributed by atoms with Gasteiger partial charge in [-0.3, -0.25) is 4.79 Å². The second kappa shape index (κ2) is 8.77. The number of carbonyl (C=O) groups is 1. The van der Waals surface area contributed by atoms with Crippen LogP contribution in [0.3, 0.4) is 0 Å². The van der Waals surface area contributed by atoms with Gasteiger partial charge in [-0.05, 0) is 42.1 Å². The molecule has 0 spiro atoms. The third-order valence-electron chi connectivity index (χ3n) is 4.70. The van der Waals surface area contributed by atoms with Crippen molar-refractivity contribution in [3.8, 4) is 11.5 Å². The maximum absolute atomic E-state index is 12.8. The molecule has 11 heteroatoms. The number of nitrogens with zero attached hydrogens (tertiary/aromatic N) is 2. The lowest BCUT2D eigenvalue weighted by Crippen LogP contribution is -2.35. The van der Waals surface area contributed by atoms with E-state index in [1.165, 1.54) is 11.8 Å². The first kappa shape index (κ1) is 21.5. The van der Waals surface area contributed by atoms with E-state index >= 15 is 0 Å². The molecule has 2 aliphatic rings. The van der Waals surface area contributed by atoms with Gasteiger partial charge in [-0.15, -0.1) is 4.40 Å². The molecule has 2 aromatic carbocycles. The van der Waals surface area contributed by atoms with E-state index in [0.29, 0.717) is 47.7 Å². The van der Waals surface area contributed by atoms with E-state index in [1.807, 2.05) is 11.0 Å². The Morgan fingerprint density at radius 1 is 1.16 bits per heavy atom. The molecule has 1 amide bonds. The summed E-state index contributed by atoms with van der Waals surface area (Å²) >= 11 is 1.25. The van der Waals surface area contributed by atoms with E-state index in [1.54, 1.807) is 44.6 Å². The smallest absolute Gasteiger partial charge is 0.257 e. The number of ether oxygens (including phenoxy) is 3. The Morgan fingerprint density at radius 3 is 2.77 bits per heavy atom. The number of nitrogens with one attached hydrogen (secondary N) is 1. The Labute approximate surface area is 184 Å². The van der Waals surface area contributed by atoms with E-state index in [9.17, 15) is 13.2 Å². The first-order valence-corrected chi connectivity index (χ1v) is 11.9. The number of methoxy groups -OCH3 is 2. The van der Waals surface area contributed by atoms with Crippen LogP contribution in [0.1, 0.15) is 10.4 Å². The zero-order chi connectivity index (χ0) is 22.0. The topological polar surface area (TPSA) is 107 Å². The van der Waals surface area contributed by atoms with Gasteiger partial charge in [-0.25, -0.2) is 8.42 Å². The second-order valence-electron chi connectivity index (χ2n) is 6.76. The summed E-state index contributed by atoms with van der Waals surface area (Å²) in [6, 6.07) is 10.4. The van der Waals surface area contributed by atoms with Crippen molar-refractivity contribution in [1.29, 1.82) is 0 Å². The largest absolute Gasteiger partial charge is 0.493 e. The molecule has 2 aromatic rings. The van der Waals surface area contributed by atoms with Crippen LogP contribution < -0.4 is 19.7 Å². The fourth-order valence-electron chi connectivity index (χ4n) is 3.18. The van der Waals surface area contributed by atoms with Crippen molar-refractivity contribution in [3.63, 3.8) is 0 Å². The van der Waals surface area contributed by atoms with Crippen LogP contribution >= 0.6 is 11.8 Å². The van der Waals surface area contributed by atoms with Crippen molar-refractivity contribution in [2.45, 2.75) is 4.90 Å². The molecular formula is C20H21N3O6S2. The molecule has 0 saturated carbocycles. The van der Waals surface area contributed by atoms with Crippen molar-refractivity contribution in [3.05, 3.63) is 42.0 Å². The van der Waals surface area contributed by atoms with Crippen LogP contribution in [-0.4, -0.2) is 59.2 Å². The number of benzene rings is 2. The van der Waals surface area contributed by atoms with Gasteiger partial charge in [0.25, 0.3) is 15.9 Å². The molecule has 31 heavy (non-hydrogen) atoms. The number of hydrogen-bond donors (Lipinski definition) is 1. The van der Waals surface area contributed by atoms with Gasteiger partial charge in [-0.1, -0.05) is 0 Å². The van der Waals surface area contributed by atoms with E-state index in [2.05, 4.69) is 9.71 Å². The first-order valence-electron chi connectivity index (χ1n) is 9.43. The Morgan fingerprint density at radius 2 is 2.00 bits per heavy atom. The Kier molecular flexibility index (Phi) is 6.08. The lowest BCUT2D eigenvalue weighted by Gasteiger charge is -2.22. The molecular weight excluding hydrogens is 442 g/mol. The van der Waals surface area contributed by atoms with Crippen LogP contribution in [0.2, 0.25) is 0 Å². The zero-order valence-corrected chi connectivity index (χ0v) is 18.6. The van der Waals surface area contributed by atoms with Crippen LogP contribution in [-0.2, 0) is 14.8 Å². The fraction of sp³-hybridized carbons (Fsp3) is 0.300. The highest BCUT2D eigenvalue weighted by molar-refractivity contribution is 8.15. The average Bonchev–Trinajstić information content (AvgIpc) is 3.09. The SMILES string of the molecule is COCCOc1cc(NC(=O)c2ccc3c(c2)SC2=NS(=O)(=O)CCN23)ccc1OC. The lowest BCUT2D eigenvalue weighted by atomic mass is 10.1. The van der Waals surface area contributed by atoms with Crippen molar-refractivity contribution in [2.75, 3.05) is 49.9 Å². The van der Waals surface area contributed by atoms with Crippen molar-refractivity contribution < 1.29 is 27.4 Å². The van der Waals surface area contributed by atoms with Crippen LogP contribution in [0.25, 0.3) is 0 Å². The molecule has 164 valence electrons. The predicted molar refractivity (Wildman–Crippen MR) is 119 cm³/mol. The highest BCUT2D eigenvalue weighted by Crippen LogP contribution is 2.42. The molecule has 0 aliphatic carbocycles. The maximum Gasteiger partial charge on any atom is 0.257 e. The van der Waals surface area contributed by atoms with Gasteiger partial charge in [0.05, 0.1) is 25.2 Å². The van der Waals surface area contributed by atoms with Gasteiger partial charge in [0.15, 0.2) is 16.7 Å². The maximum atomic E-state index is 12.8.